The molecule has 1 aliphatic rings. The minimum Gasteiger partial charge on any atom is -0.295 e. The molecule has 0 heterocycles. The van der Waals surface area contributed by atoms with Gasteiger partial charge in [-0.3, -0.25) is 4.79 Å². The van der Waals surface area contributed by atoms with E-state index in [0.717, 1.165) is 0 Å². The van der Waals surface area contributed by atoms with Crippen LogP contribution < -0.4 is 0 Å². The Morgan fingerprint density at radius 3 is 2.40 bits per heavy atom. The maximum Gasteiger partial charge on any atom is 0.152 e. The summed E-state index contributed by atoms with van der Waals surface area (Å²) in [5, 5.41) is 0. The first kappa shape index (κ1) is 7.52. The molecular formula is C9H14O. The van der Waals surface area contributed by atoms with Gasteiger partial charge >= 0.3 is 0 Å². The third-order valence-corrected chi connectivity index (χ3v) is 2.15. The molecule has 1 nitrogen and oxygen atoms in total. The number of rotatable bonds is 2. The number of carbonyl (C=O) groups is 1. The van der Waals surface area contributed by atoms with Crippen LogP contribution in [-0.4, -0.2) is 5.78 Å². The van der Waals surface area contributed by atoms with Crippen LogP contribution in [0.4, 0.5) is 0 Å². The molecule has 1 atom stereocenters. The second-order valence-electron chi connectivity index (χ2n) is 3.77. The first-order chi connectivity index (χ1) is 4.52. The summed E-state index contributed by atoms with van der Waals surface area (Å²) in [4.78, 5) is 10.5. The fraction of sp³-hybridized carbons (Fsp3) is 0.667. The molecule has 0 aromatic heterocycles. The highest BCUT2D eigenvalue weighted by Gasteiger charge is 2.43. The van der Waals surface area contributed by atoms with Crippen LogP contribution in [0.3, 0.4) is 0 Å². The number of hydrogen-bond acceptors (Lipinski definition) is 1. The summed E-state index contributed by atoms with van der Waals surface area (Å²) in [6.45, 7) is 6.04. The average molecular weight is 138 g/mol. The van der Waals surface area contributed by atoms with E-state index in [1.165, 1.54) is 6.42 Å². The van der Waals surface area contributed by atoms with Crippen molar-refractivity contribution in [2.24, 2.45) is 11.3 Å². The lowest BCUT2D eigenvalue weighted by molar-refractivity contribution is -0.112. The first-order valence-electron chi connectivity index (χ1n) is 3.71. The Balaban J connectivity index is 2.37. The Hall–Kier alpha value is -0.590. The van der Waals surface area contributed by atoms with E-state index in [-0.39, 0.29) is 5.78 Å². The predicted molar refractivity (Wildman–Crippen MR) is 41.7 cm³/mol. The molecule has 0 amide bonds. The third-order valence-electron chi connectivity index (χ3n) is 2.15. The molecule has 1 saturated carbocycles. The van der Waals surface area contributed by atoms with Gasteiger partial charge in [0.25, 0.3) is 0 Å². The van der Waals surface area contributed by atoms with E-state index in [0.29, 0.717) is 11.3 Å². The lowest BCUT2D eigenvalue weighted by Crippen LogP contribution is -1.87. The van der Waals surface area contributed by atoms with Crippen molar-refractivity contribution in [3.63, 3.8) is 0 Å². The van der Waals surface area contributed by atoms with E-state index in [1.807, 2.05) is 6.08 Å². The fourth-order valence-corrected chi connectivity index (χ4v) is 1.09. The van der Waals surface area contributed by atoms with E-state index in [9.17, 15) is 4.79 Å². The predicted octanol–water partition coefficient (Wildman–Crippen LogP) is 2.18. The van der Waals surface area contributed by atoms with Crippen molar-refractivity contribution in [3.8, 4) is 0 Å². The first-order valence-corrected chi connectivity index (χ1v) is 3.71. The second-order valence-corrected chi connectivity index (χ2v) is 3.77. The summed E-state index contributed by atoms with van der Waals surface area (Å²) in [5.74, 6) is 0.805. The molecule has 0 aromatic carbocycles. The van der Waals surface area contributed by atoms with E-state index in [4.69, 9.17) is 0 Å². The molecule has 1 aliphatic carbocycles. The van der Waals surface area contributed by atoms with Crippen LogP contribution in [0, 0.1) is 11.3 Å². The summed E-state index contributed by atoms with van der Waals surface area (Å²) in [5.41, 5.74) is 0.464. The van der Waals surface area contributed by atoms with Gasteiger partial charge in [0, 0.05) is 0 Å². The fourth-order valence-electron chi connectivity index (χ4n) is 1.09. The Morgan fingerprint density at radius 1 is 1.60 bits per heavy atom. The van der Waals surface area contributed by atoms with Crippen LogP contribution in [0.2, 0.25) is 0 Å². The molecule has 0 bridgehead atoms. The number of allylic oxidation sites excluding steroid dienone is 2. The molecule has 1 fully saturated rings. The summed E-state index contributed by atoms with van der Waals surface area (Å²) < 4.78 is 0. The van der Waals surface area contributed by atoms with Crippen molar-refractivity contribution in [1.29, 1.82) is 0 Å². The number of hydrogen-bond donors (Lipinski definition) is 0. The van der Waals surface area contributed by atoms with Crippen molar-refractivity contribution in [1.82, 2.24) is 0 Å². The van der Waals surface area contributed by atoms with Crippen LogP contribution in [0.15, 0.2) is 12.2 Å². The topological polar surface area (TPSA) is 17.1 Å². The average Bonchev–Trinajstić information content (AvgIpc) is 2.35. The molecule has 1 heteroatoms. The van der Waals surface area contributed by atoms with Crippen LogP contribution in [0.25, 0.3) is 0 Å². The molecule has 10 heavy (non-hydrogen) atoms. The van der Waals surface area contributed by atoms with Gasteiger partial charge in [-0.05, 0) is 30.8 Å². The van der Waals surface area contributed by atoms with Gasteiger partial charge in [-0.1, -0.05) is 19.9 Å². The van der Waals surface area contributed by atoms with E-state index < -0.39 is 0 Å². The number of ketones is 1. The van der Waals surface area contributed by atoms with Gasteiger partial charge in [0.15, 0.2) is 5.78 Å². The Bertz CT molecular complexity index is 177. The molecule has 0 aliphatic heterocycles. The van der Waals surface area contributed by atoms with Crippen molar-refractivity contribution >= 4 is 5.78 Å². The van der Waals surface area contributed by atoms with E-state index in [1.54, 1.807) is 13.0 Å². The highest BCUT2D eigenvalue weighted by atomic mass is 16.1. The van der Waals surface area contributed by atoms with Crippen LogP contribution >= 0.6 is 0 Å². The normalized spacial score (nSPS) is 28.9. The van der Waals surface area contributed by atoms with Gasteiger partial charge in [-0.2, -0.15) is 0 Å². The van der Waals surface area contributed by atoms with Crippen molar-refractivity contribution in [3.05, 3.63) is 12.2 Å². The highest BCUT2D eigenvalue weighted by molar-refractivity contribution is 5.87. The van der Waals surface area contributed by atoms with E-state index >= 15 is 0 Å². The zero-order chi connectivity index (χ0) is 7.78. The van der Waals surface area contributed by atoms with Crippen molar-refractivity contribution in [2.45, 2.75) is 27.2 Å². The Labute approximate surface area is 62.1 Å². The molecule has 56 valence electrons. The quantitative estimate of drug-likeness (QED) is 0.534. The highest BCUT2D eigenvalue weighted by Crippen LogP contribution is 2.52. The molecule has 0 aromatic rings. The smallest absolute Gasteiger partial charge is 0.152 e. The van der Waals surface area contributed by atoms with Crippen LogP contribution in [0.5, 0.6) is 0 Å². The molecule has 0 radical (unpaired) electrons. The van der Waals surface area contributed by atoms with Gasteiger partial charge in [-0.15, -0.1) is 0 Å². The maximum absolute atomic E-state index is 10.5. The Kier molecular flexibility index (Phi) is 1.67. The minimum absolute atomic E-state index is 0.155. The lowest BCUT2D eigenvalue weighted by Gasteiger charge is -1.94. The molecule has 0 spiro atoms. The van der Waals surface area contributed by atoms with Crippen molar-refractivity contribution in [2.75, 3.05) is 0 Å². The molecule has 1 rings (SSSR count). The number of carbonyl (C=O) groups excluding carboxylic acids is 1. The monoisotopic (exact) mass is 138 g/mol. The molecule has 0 N–H and O–H groups in total. The van der Waals surface area contributed by atoms with Crippen LogP contribution in [-0.2, 0) is 4.79 Å². The molecular weight excluding hydrogens is 124 g/mol. The summed E-state index contributed by atoms with van der Waals surface area (Å²) in [7, 11) is 0. The maximum atomic E-state index is 10.5. The molecule has 0 saturated heterocycles. The Morgan fingerprint density at radius 2 is 2.10 bits per heavy atom. The third kappa shape index (κ3) is 1.69. The zero-order valence-corrected chi connectivity index (χ0v) is 6.85. The lowest BCUT2D eigenvalue weighted by atomic mass is 10.1. The zero-order valence-electron chi connectivity index (χ0n) is 6.85. The van der Waals surface area contributed by atoms with Gasteiger partial charge in [0.2, 0.25) is 0 Å². The van der Waals surface area contributed by atoms with Gasteiger partial charge in [0.1, 0.15) is 0 Å². The molecule has 1 unspecified atom stereocenters. The van der Waals surface area contributed by atoms with Gasteiger partial charge in [-0.25, -0.2) is 0 Å². The minimum atomic E-state index is 0.155. The summed E-state index contributed by atoms with van der Waals surface area (Å²) in [6, 6.07) is 0. The standard InChI is InChI=1S/C9H14O/c1-7(10)4-5-8-6-9(8,2)3/h4-5,8H,6H2,1-3H3/b5-4+. The van der Waals surface area contributed by atoms with E-state index in [2.05, 4.69) is 13.8 Å². The summed E-state index contributed by atoms with van der Waals surface area (Å²) >= 11 is 0. The van der Waals surface area contributed by atoms with Gasteiger partial charge < -0.3 is 0 Å². The second kappa shape index (κ2) is 2.22. The van der Waals surface area contributed by atoms with Crippen molar-refractivity contribution < 1.29 is 4.79 Å². The largest absolute Gasteiger partial charge is 0.295 e. The van der Waals surface area contributed by atoms with Crippen LogP contribution in [0.1, 0.15) is 27.2 Å². The summed E-state index contributed by atoms with van der Waals surface area (Å²) in [6.07, 6.45) is 4.94. The van der Waals surface area contributed by atoms with Gasteiger partial charge in [0.05, 0.1) is 0 Å². The SMILES string of the molecule is CC(=O)/C=C/C1CC1(C)C.